The summed E-state index contributed by atoms with van der Waals surface area (Å²) in [6, 6.07) is 15.5. The second-order valence-electron chi connectivity index (χ2n) is 8.13. The summed E-state index contributed by atoms with van der Waals surface area (Å²) in [7, 11) is 0. The fourth-order valence-electron chi connectivity index (χ4n) is 4.79. The van der Waals surface area contributed by atoms with Gasteiger partial charge in [-0.3, -0.25) is 14.6 Å². The Balaban J connectivity index is 1.69. The van der Waals surface area contributed by atoms with Gasteiger partial charge < -0.3 is 4.98 Å². The molecule has 29 heavy (non-hydrogen) atoms. The van der Waals surface area contributed by atoms with Crippen LogP contribution in [0.25, 0.3) is 10.9 Å². The summed E-state index contributed by atoms with van der Waals surface area (Å²) in [6.07, 6.45) is 2.35. The van der Waals surface area contributed by atoms with E-state index in [0.717, 1.165) is 40.6 Å². The number of imide groups is 1. The molecule has 1 saturated heterocycles. The van der Waals surface area contributed by atoms with Crippen LogP contribution in [0.5, 0.6) is 0 Å². The molecule has 0 bridgehead atoms. The zero-order valence-electron chi connectivity index (χ0n) is 16.8. The smallest absolute Gasteiger partial charge is 0.328 e. The number of fused-ring (bicyclic) bond motifs is 4. The zero-order valence-corrected chi connectivity index (χ0v) is 16.8. The van der Waals surface area contributed by atoms with Gasteiger partial charge in [0.1, 0.15) is 12.1 Å². The Hall–Kier alpha value is -3.08. The lowest BCUT2D eigenvalue weighted by Gasteiger charge is -2.36. The average molecular weight is 387 g/mol. The van der Waals surface area contributed by atoms with Crippen LogP contribution in [0.15, 0.2) is 48.5 Å². The molecular weight excluding hydrogens is 362 g/mol. The molecule has 0 aliphatic carbocycles. The van der Waals surface area contributed by atoms with Crippen molar-refractivity contribution >= 4 is 22.8 Å². The third-order valence-corrected chi connectivity index (χ3v) is 6.23. The van der Waals surface area contributed by atoms with E-state index in [1.807, 2.05) is 30.3 Å². The molecule has 0 spiro atoms. The maximum absolute atomic E-state index is 13.3. The maximum Gasteiger partial charge on any atom is 0.328 e. The zero-order chi connectivity index (χ0) is 20.1. The monoisotopic (exact) mass is 387 g/mol. The minimum Gasteiger partial charge on any atom is -0.356 e. The van der Waals surface area contributed by atoms with Gasteiger partial charge in [0.15, 0.2) is 0 Å². The van der Waals surface area contributed by atoms with Crippen LogP contribution in [-0.2, 0) is 11.2 Å². The summed E-state index contributed by atoms with van der Waals surface area (Å²) >= 11 is 0. The molecule has 1 N–H and O–H groups in total. The molecule has 3 amide bonds. The predicted molar refractivity (Wildman–Crippen MR) is 113 cm³/mol. The molecule has 1 fully saturated rings. The van der Waals surface area contributed by atoms with Crippen LogP contribution in [0.3, 0.4) is 0 Å². The van der Waals surface area contributed by atoms with E-state index in [-0.39, 0.29) is 18.0 Å². The Kier molecular flexibility index (Phi) is 4.19. The van der Waals surface area contributed by atoms with Crippen molar-refractivity contribution in [3.8, 4) is 0 Å². The Bertz CT molecular complexity index is 1100. The molecule has 5 nitrogen and oxygen atoms in total. The molecule has 2 atom stereocenters. The number of H-pyrrole nitrogens is 1. The van der Waals surface area contributed by atoms with E-state index in [1.54, 1.807) is 4.90 Å². The Labute approximate surface area is 170 Å². The number of aromatic nitrogens is 1. The molecular formula is C24H25N3O2. The SMILES string of the molecule is CCCCN1C(=O)[C@@H]2Cc3c([nH]c4ccc(C)cc34)[C@H](c3ccccc3)N2C1=O. The standard InChI is InChI=1S/C24H25N3O2/c1-3-4-12-26-23(28)20-14-18-17-13-15(2)10-11-19(17)25-21(18)22(27(20)24(26)29)16-8-6-5-7-9-16/h5-11,13,20,22,25H,3-4,12,14H2,1-2H3/t20-,22-/m0/s1. The Morgan fingerprint density at radius 3 is 2.66 bits per heavy atom. The van der Waals surface area contributed by atoms with E-state index in [9.17, 15) is 9.59 Å². The van der Waals surface area contributed by atoms with Gasteiger partial charge in [-0.2, -0.15) is 0 Å². The second-order valence-corrected chi connectivity index (χ2v) is 8.13. The summed E-state index contributed by atoms with van der Waals surface area (Å²) in [6.45, 7) is 4.65. The van der Waals surface area contributed by atoms with Crippen molar-refractivity contribution in [3.05, 3.63) is 70.9 Å². The van der Waals surface area contributed by atoms with E-state index in [0.29, 0.717) is 13.0 Å². The molecule has 2 aliphatic heterocycles. The molecule has 2 aliphatic rings. The van der Waals surface area contributed by atoms with E-state index < -0.39 is 6.04 Å². The minimum absolute atomic E-state index is 0.0583. The van der Waals surface area contributed by atoms with Gasteiger partial charge in [0, 0.05) is 29.6 Å². The van der Waals surface area contributed by atoms with Crippen LogP contribution >= 0.6 is 0 Å². The number of hydrogen-bond acceptors (Lipinski definition) is 2. The van der Waals surface area contributed by atoms with E-state index in [2.05, 4.69) is 37.0 Å². The largest absolute Gasteiger partial charge is 0.356 e. The number of urea groups is 1. The van der Waals surface area contributed by atoms with E-state index >= 15 is 0 Å². The van der Waals surface area contributed by atoms with Crippen LogP contribution in [0.4, 0.5) is 4.79 Å². The normalized spacial score (nSPS) is 21.0. The van der Waals surface area contributed by atoms with Crippen LogP contribution in [0, 0.1) is 6.92 Å². The first kappa shape index (κ1) is 18.0. The quantitative estimate of drug-likeness (QED) is 0.668. The van der Waals surface area contributed by atoms with Gasteiger partial charge in [-0.1, -0.05) is 55.3 Å². The fraction of sp³-hybridized carbons (Fsp3) is 0.333. The van der Waals surface area contributed by atoms with Crippen molar-refractivity contribution in [2.45, 2.75) is 45.2 Å². The van der Waals surface area contributed by atoms with Gasteiger partial charge in [0.2, 0.25) is 0 Å². The summed E-state index contributed by atoms with van der Waals surface area (Å²) in [5.41, 5.74) is 5.48. The maximum atomic E-state index is 13.3. The van der Waals surface area contributed by atoms with Crippen molar-refractivity contribution in [3.63, 3.8) is 0 Å². The predicted octanol–water partition coefficient (Wildman–Crippen LogP) is 4.55. The number of benzene rings is 2. The van der Waals surface area contributed by atoms with Gasteiger partial charge in [-0.05, 0) is 36.6 Å². The van der Waals surface area contributed by atoms with Crippen molar-refractivity contribution < 1.29 is 9.59 Å². The fourth-order valence-corrected chi connectivity index (χ4v) is 4.79. The average Bonchev–Trinajstić information content (AvgIpc) is 3.21. The number of unbranched alkanes of at least 4 members (excludes halogenated alkanes) is 1. The Morgan fingerprint density at radius 2 is 1.90 bits per heavy atom. The minimum atomic E-state index is -0.434. The molecule has 148 valence electrons. The molecule has 0 radical (unpaired) electrons. The number of amides is 3. The highest BCUT2D eigenvalue weighted by Crippen LogP contribution is 2.44. The van der Waals surface area contributed by atoms with Gasteiger partial charge in [-0.25, -0.2) is 4.79 Å². The molecule has 3 heterocycles. The number of carbonyl (C=O) groups excluding carboxylic acids is 2. The highest BCUT2D eigenvalue weighted by atomic mass is 16.2. The number of rotatable bonds is 4. The number of hydrogen-bond donors (Lipinski definition) is 1. The number of carbonyl (C=O) groups is 2. The first-order valence-corrected chi connectivity index (χ1v) is 10.4. The number of aromatic amines is 1. The summed E-state index contributed by atoms with van der Waals surface area (Å²) < 4.78 is 0. The number of aryl methyl sites for hydroxylation is 1. The molecule has 5 heteroatoms. The number of nitrogens with one attached hydrogen (secondary N) is 1. The topological polar surface area (TPSA) is 56.4 Å². The molecule has 0 saturated carbocycles. The lowest BCUT2D eigenvalue weighted by atomic mass is 9.88. The molecule has 0 unspecified atom stereocenters. The third-order valence-electron chi connectivity index (χ3n) is 6.23. The first-order valence-electron chi connectivity index (χ1n) is 10.4. The lowest BCUT2D eigenvalue weighted by Crippen LogP contribution is -2.44. The number of nitrogens with zero attached hydrogens (tertiary/aromatic N) is 2. The second kappa shape index (κ2) is 6.76. The van der Waals surface area contributed by atoms with Crippen molar-refractivity contribution in [2.75, 3.05) is 6.54 Å². The summed E-state index contributed by atoms with van der Waals surface area (Å²) in [5.74, 6) is -0.0583. The van der Waals surface area contributed by atoms with Crippen LogP contribution < -0.4 is 0 Å². The molecule has 3 aromatic rings. The van der Waals surface area contributed by atoms with Crippen molar-refractivity contribution in [2.24, 2.45) is 0 Å². The van der Waals surface area contributed by atoms with Crippen molar-refractivity contribution in [1.82, 2.24) is 14.8 Å². The van der Waals surface area contributed by atoms with Gasteiger partial charge in [0.25, 0.3) is 5.91 Å². The lowest BCUT2D eigenvalue weighted by molar-refractivity contribution is -0.128. The highest BCUT2D eigenvalue weighted by molar-refractivity contribution is 6.05. The summed E-state index contributed by atoms with van der Waals surface area (Å²) in [5, 5.41) is 1.16. The van der Waals surface area contributed by atoms with Gasteiger partial charge >= 0.3 is 6.03 Å². The van der Waals surface area contributed by atoms with E-state index in [4.69, 9.17) is 0 Å². The van der Waals surface area contributed by atoms with Crippen LogP contribution in [0.2, 0.25) is 0 Å². The van der Waals surface area contributed by atoms with Crippen LogP contribution in [-0.4, -0.2) is 39.3 Å². The first-order chi connectivity index (χ1) is 14.1. The van der Waals surface area contributed by atoms with Gasteiger partial charge in [-0.15, -0.1) is 0 Å². The summed E-state index contributed by atoms with van der Waals surface area (Å²) in [4.78, 5) is 33.4. The van der Waals surface area contributed by atoms with E-state index in [1.165, 1.54) is 10.5 Å². The van der Waals surface area contributed by atoms with Crippen LogP contribution in [0.1, 0.15) is 48.2 Å². The molecule has 5 rings (SSSR count). The molecule has 1 aromatic heterocycles. The highest BCUT2D eigenvalue weighted by Gasteiger charge is 2.52. The van der Waals surface area contributed by atoms with Gasteiger partial charge in [0.05, 0.1) is 0 Å². The van der Waals surface area contributed by atoms with Crippen molar-refractivity contribution in [1.29, 1.82) is 0 Å². The molecule has 2 aromatic carbocycles. The Morgan fingerprint density at radius 1 is 1.10 bits per heavy atom. The third kappa shape index (κ3) is 2.68.